The van der Waals surface area contributed by atoms with Crippen molar-refractivity contribution in [3.05, 3.63) is 35.4 Å². The Morgan fingerprint density at radius 1 is 1.16 bits per heavy atom. The van der Waals surface area contributed by atoms with Crippen LogP contribution < -0.4 is 0 Å². The maximum atomic E-state index is 12.9. The molecule has 0 aromatic heterocycles. The monoisotopic (exact) mass is 274 g/mol. The van der Waals surface area contributed by atoms with Crippen LogP contribution in [0.5, 0.6) is 0 Å². The van der Waals surface area contributed by atoms with Gasteiger partial charge in [-0.2, -0.15) is 13.2 Å². The van der Waals surface area contributed by atoms with Crippen LogP contribution in [0.25, 0.3) is 0 Å². The molecule has 0 N–H and O–H groups in total. The van der Waals surface area contributed by atoms with Gasteiger partial charge in [0.1, 0.15) is 5.60 Å². The molecule has 0 heterocycles. The Hall–Kier alpha value is -1.36. The van der Waals surface area contributed by atoms with E-state index in [4.69, 9.17) is 4.74 Å². The zero-order valence-corrected chi connectivity index (χ0v) is 11.2. The number of Topliss-reactive ketones (excluding diaryl/α,β-unsaturated/α-hetero) is 1. The molecule has 0 fully saturated rings. The Morgan fingerprint density at radius 3 is 2.11 bits per heavy atom. The maximum Gasteiger partial charge on any atom is 0.417 e. The fourth-order valence-corrected chi connectivity index (χ4v) is 2.13. The standard InChI is InChI=1S/C14H17F3O2/c1-4-13(5-2,19-3)12(18)10-8-6-7-9-11(10)14(15,16)17/h6-9H,4-5H2,1-3H3. The number of methoxy groups -OCH3 is 1. The van der Waals surface area contributed by atoms with Crippen LogP contribution in [0.4, 0.5) is 13.2 Å². The summed E-state index contributed by atoms with van der Waals surface area (Å²) in [6.07, 6.45) is -3.90. The van der Waals surface area contributed by atoms with Crippen LogP contribution in [0.2, 0.25) is 0 Å². The Bertz CT molecular complexity index is 440. The third kappa shape index (κ3) is 2.97. The van der Waals surface area contributed by atoms with E-state index in [-0.39, 0.29) is 5.56 Å². The Labute approximate surface area is 110 Å². The lowest BCUT2D eigenvalue weighted by Crippen LogP contribution is -2.40. The SMILES string of the molecule is CCC(CC)(OC)C(=O)c1ccccc1C(F)(F)F. The number of rotatable bonds is 5. The van der Waals surface area contributed by atoms with Crippen LogP contribution in [0.1, 0.15) is 42.6 Å². The van der Waals surface area contributed by atoms with Gasteiger partial charge in [-0.15, -0.1) is 0 Å². The van der Waals surface area contributed by atoms with Crippen molar-refractivity contribution in [3.63, 3.8) is 0 Å². The van der Waals surface area contributed by atoms with E-state index in [9.17, 15) is 18.0 Å². The van der Waals surface area contributed by atoms with Crippen molar-refractivity contribution in [1.82, 2.24) is 0 Å². The van der Waals surface area contributed by atoms with E-state index in [1.54, 1.807) is 13.8 Å². The molecule has 0 radical (unpaired) electrons. The molecule has 0 atom stereocenters. The summed E-state index contributed by atoms with van der Waals surface area (Å²) in [6, 6.07) is 4.81. The van der Waals surface area contributed by atoms with Crippen molar-refractivity contribution in [2.75, 3.05) is 7.11 Å². The summed E-state index contributed by atoms with van der Waals surface area (Å²) in [5.74, 6) is -0.618. The normalized spacial score (nSPS) is 12.5. The van der Waals surface area contributed by atoms with Crippen LogP contribution in [0.3, 0.4) is 0 Å². The highest BCUT2D eigenvalue weighted by atomic mass is 19.4. The number of ether oxygens (including phenoxy) is 1. The average Bonchev–Trinajstić information content (AvgIpc) is 2.40. The molecule has 0 aliphatic heterocycles. The van der Waals surface area contributed by atoms with E-state index in [0.717, 1.165) is 6.07 Å². The molecule has 0 aliphatic rings. The van der Waals surface area contributed by atoms with Crippen LogP contribution in [-0.4, -0.2) is 18.5 Å². The molecular formula is C14H17F3O2. The number of hydrogen-bond acceptors (Lipinski definition) is 2. The molecule has 0 saturated carbocycles. The number of benzene rings is 1. The number of hydrogen-bond donors (Lipinski definition) is 0. The molecule has 0 spiro atoms. The van der Waals surface area contributed by atoms with E-state index in [1.165, 1.54) is 25.3 Å². The summed E-state index contributed by atoms with van der Waals surface area (Å²) in [4.78, 5) is 12.4. The molecule has 0 aliphatic carbocycles. The lowest BCUT2D eigenvalue weighted by atomic mass is 9.85. The Balaban J connectivity index is 3.35. The van der Waals surface area contributed by atoms with Crippen LogP contribution in [0.15, 0.2) is 24.3 Å². The van der Waals surface area contributed by atoms with Crippen molar-refractivity contribution < 1.29 is 22.7 Å². The highest BCUT2D eigenvalue weighted by Gasteiger charge is 2.41. The molecule has 0 unspecified atom stereocenters. The molecule has 2 nitrogen and oxygen atoms in total. The minimum Gasteiger partial charge on any atom is -0.370 e. The number of alkyl halides is 3. The number of halogens is 3. The van der Waals surface area contributed by atoms with Crippen molar-refractivity contribution in [2.45, 2.75) is 38.5 Å². The van der Waals surface area contributed by atoms with Crippen molar-refractivity contribution in [1.29, 1.82) is 0 Å². The average molecular weight is 274 g/mol. The fraction of sp³-hybridized carbons (Fsp3) is 0.500. The molecule has 0 saturated heterocycles. The first kappa shape index (κ1) is 15.7. The zero-order chi connectivity index (χ0) is 14.7. The minimum absolute atomic E-state index is 0.324. The van der Waals surface area contributed by atoms with Gasteiger partial charge in [-0.3, -0.25) is 4.79 Å². The van der Waals surface area contributed by atoms with Gasteiger partial charge in [-0.1, -0.05) is 32.0 Å². The summed E-state index contributed by atoms with van der Waals surface area (Å²) in [7, 11) is 1.35. The first-order chi connectivity index (χ1) is 8.82. The Kier molecular flexibility index (Phi) is 4.74. The topological polar surface area (TPSA) is 26.3 Å². The van der Waals surface area contributed by atoms with Gasteiger partial charge in [-0.25, -0.2) is 0 Å². The van der Waals surface area contributed by atoms with Gasteiger partial charge in [0.15, 0.2) is 5.78 Å². The maximum absolute atomic E-state index is 12.9. The molecule has 0 amide bonds. The molecule has 0 bridgehead atoms. The second-order valence-electron chi connectivity index (χ2n) is 4.28. The van der Waals surface area contributed by atoms with E-state index in [2.05, 4.69) is 0 Å². The minimum atomic E-state index is -4.55. The predicted molar refractivity (Wildman–Crippen MR) is 66.1 cm³/mol. The second kappa shape index (κ2) is 5.74. The number of carbonyl (C=O) groups excluding carboxylic acids is 1. The number of ketones is 1. The molecule has 1 aromatic carbocycles. The van der Waals surface area contributed by atoms with Gasteiger partial charge in [0.25, 0.3) is 0 Å². The first-order valence-electron chi connectivity index (χ1n) is 6.08. The van der Waals surface area contributed by atoms with Crippen LogP contribution >= 0.6 is 0 Å². The van der Waals surface area contributed by atoms with Crippen molar-refractivity contribution in [2.24, 2.45) is 0 Å². The molecule has 1 aromatic rings. The van der Waals surface area contributed by atoms with Gasteiger partial charge in [-0.05, 0) is 18.9 Å². The zero-order valence-electron chi connectivity index (χ0n) is 11.2. The summed E-state index contributed by atoms with van der Waals surface area (Å²) in [5, 5.41) is 0. The fourth-order valence-electron chi connectivity index (χ4n) is 2.13. The summed E-state index contributed by atoms with van der Waals surface area (Å²) >= 11 is 0. The first-order valence-corrected chi connectivity index (χ1v) is 6.08. The summed E-state index contributed by atoms with van der Waals surface area (Å²) < 4.78 is 44.0. The quantitative estimate of drug-likeness (QED) is 0.756. The van der Waals surface area contributed by atoms with Gasteiger partial charge < -0.3 is 4.74 Å². The third-order valence-corrected chi connectivity index (χ3v) is 3.42. The highest BCUT2D eigenvalue weighted by molar-refractivity contribution is 6.03. The van der Waals surface area contributed by atoms with Crippen LogP contribution in [-0.2, 0) is 10.9 Å². The lowest BCUT2D eigenvalue weighted by Gasteiger charge is -2.29. The third-order valence-electron chi connectivity index (χ3n) is 3.42. The van der Waals surface area contributed by atoms with Crippen LogP contribution in [0, 0.1) is 0 Å². The molecular weight excluding hydrogens is 257 g/mol. The largest absolute Gasteiger partial charge is 0.417 e. The molecule has 5 heteroatoms. The Morgan fingerprint density at radius 2 is 1.68 bits per heavy atom. The van der Waals surface area contributed by atoms with Gasteiger partial charge >= 0.3 is 6.18 Å². The van der Waals surface area contributed by atoms with Gasteiger partial charge in [0, 0.05) is 12.7 Å². The van der Waals surface area contributed by atoms with Crippen molar-refractivity contribution in [3.8, 4) is 0 Å². The second-order valence-corrected chi connectivity index (χ2v) is 4.28. The summed E-state index contributed by atoms with van der Waals surface area (Å²) in [5.41, 5.74) is -2.44. The van der Waals surface area contributed by atoms with Gasteiger partial charge in [0.2, 0.25) is 0 Å². The van der Waals surface area contributed by atoms with E-state index >= 15 is 0 Å². The molecule has 106 valence electrons. The van der Waals surface area contributed by atoms with Crippen molar-refractivity contribution >= 4 is 5.78 Å². The predicted octanol–water partition coefficient (Wildman–Crippen LogP) is 4.09. The van der Waals surface area contributed by atoms with Gasteiger partial charge in [0.05, 0.1) is 5.56 Å². The highest BCUT2D eigenvalue weighted by Crippen LogP contribution is 2.35. The van der Waals surface area contributed by atoms with E-state index in [1.807, 2.05) is 0 Å². The molecule has 1 rings (SSSR count). The lowest BCUT2D eigenvalue weighted by molar-refractivity contribution is -0.138. The van der Waals surface area contributed by atoms with E-state index in [0.29, 0.717) is 12.8 Å². The number of carbonyl (C=O) groups is 1. The summed E-state index contributed by atoms with van der Waals surface area (Å²) in [6.45, 7) is 3.45. The van der Waals surface area contributed by atoms with E-state index < -0.39 is 23.1 Å². The smallest absolute Gasteiger partial charge is 0.370 e. The molecule has 19 heavy (non-hydrogen) atoms.